The van der Waals surface area contributed by atoms with Crippen molar-refractivity contribution in [2.24, 2.45) is 0 Å². The largest absolute Gasteiger partial charge is 0.438 e. The Hall–Kier alpha value is -0.0151. The van der Waals surface area contributed by atoms with E-state index in [0.29, 0.717) is 19.9 Å². The highest BCUT2D eigenvalue weighted by molar-refractivity contribution is 6.18. The molecule has 0 atom stereocenters. The van der Waals surface area contributed by atoms with E-state index in [1.54, 1.807) is 0 Å². The second-order valence-corrected chi connectivity index (χ2v) is 3.56. The van der Waals surface area contributed by atoms with E-state index in [4.69, 9.17) is 9.31 Å². The minimum absolute atomic E-state index is 0.523. The molecular formula is C8H15BO2. The van der Waals surface area contributed by atoms with Gasteiger partial charge in [0.1, 0.15) is 0 Å². The van der Waals surface area contributed by atoms with Crippen LogP contribution in [0, 0.1) is 0 Å². The van der Waals surface area contributed by atoms with Gasteiger partial charge in [0.2, 0.25) is 0 Å². The Morgan fingerprint density at radius 1 is 0.818 bits per heavy atom. The highest BCUT2D eigenvalue weighted by Crippen LogP contribution is 2.24. The standard InChI is InChI=1S/C8H15BO2/c1-3-7(4-1)10-9-11-8-5-2-6-8/h7-9H,1-6H2. The van der Waals surface area contributed by atoms with Gasteiger partial charge < -0.3 is 9.31 Å². The van der Waals surface area contributed by atoms with E-state index in [1.807, 2.05) is 0 Å². The minimum Gasteiger partial charge on any atom is -0.411 e. The second-order valence-electron chi connectivity index (χ2n) is 3.56. The lowest BCUT2D eigenvalue weighted by molar-refractivity contribution is 0.0510. The Balaban J connectivity index is 1.46. The molecule has 2 aliphatic rings. The molecule has 0 amide bonds. The molecular weight excluding hydrogens is 139 g/mol. The molecule has 0 heterocycles. The maximum absolute atomic E-state index is 5.46. The molecule has 2 rings (SSSR count). The first kappa shape index (κ1) is 7.62. The fourth-order valence-electron chi connectivity index (χ4n) is 1.31. The average Bonchev–Trinajstić information content (AvgIpc) is 1.79. The summed E-state index contributed by atoms with van der Waals surface area (Å²) >= 11 is 0. The van der Waals surface area contributed by atoms with E-state index >= 15 is 0 Å². The molecule has 2 nitrogen and oxygen atoms in total. The van der Waals surface area contributed by atoms with Gasteiger partial charge in [-0.3, -0.25) is 0 Å². The molecule has 2 saturated carbocycles. The summed E-state index contributed by atoms with van der Waals surface area (Å²) in [6, 6.07) is 0. The molecule has 0 bridgehead atoms. The van der Waals surface area contributed by atoms with Crippen molar-refractivity contribution in [3.05, 3.63) is 0 Å². The molecule has 0 radical (unpaired) electrons. The Morgan fingerprint density at radius 3 is 1.55 bits per heavy atom. The van der Waals surface area contributed by atoms with Crippen molar-refractivity contribution in [3.63, 3.8) is 0 Å². The quantitative estimate of drug-likeness (QED) is 0.569. The smallest absolute Gasteiger partial charge is 0.411 e. The zero-order valence-electron chi connectivity index (χ0n) is 6.92. The van der Waals surface area contributed by atoms with Gasteiger partial charge in [0.25, 0.3) is 0 Å². The monoisotopic (exact) mass is 154 g/mol. The molecule has 3 heteroatoms. The molecule has 0 unspecified atom stereocenters. The van der Waals surface area contributed by atoms with Gasteiger partial charge in [0, 0.05) is 12.2 Å². The lowest BCUT2D eigenvalue weighted by Gasteiger charge is -2.29. The first-order valence-corrected chi connectivity index (χ1v) is 4.68. The van der Waals surface area contributed by atoms with Crippen LogP contribution in [0.1, 0.15) is 38.5 Å². The summed E-state index contributed by atoms with van der Waals surface area (Å²) < 4.78 is 10.9. The summed E-state index contributed by atoms with van der Waals surface area (Å²) in [6.45, 7) is 0. The first-order chi connectivity index (χ1) is 5.45. The summed E-state index contributed by atoms with van der Waals surface area (Å²) in [7, 11) is 0.537. The third kappa shape index (κ3) is 1.97. The number of hydrogen-bond donors (Lipinski definition) is 0. The second kappa shape index (κ2) is 3.59. The van der Waals surface area contributed by atoms with Gasteiger partial charge in [-0.1, -0.05) is 0 Å². The van der Waals surface area contributed by atoms with Crippen molar-refractivity contribution in [2.75, 3.05) is 0 Å². The third-order valence-corrected chi connectivity index (χ3v) is 2.71. The van der Waals surface area contributed by atoms with Crippen LogP contribution < -0.4 is 0 Å². The summed E-state index contributed by atoms with van der Waals surface area (Å²) in [5.41, 5.74) is 0. The molecule has 0 N–H and O–H groups in total. The normalized spacial score (nSPS) is 25.8. The van der Waals surface area contributed by atoms with Crippen LogP contribution in [0.4, 0.5) is 0 Å². The molecule has 2 aliphatic carbocycles. The van der Waals surface area contributed by atoms with Crippen LogP contribution >= 0.6 is 0 Å². The van der Waals surface area contributed by atoms with Crippen molar-refractivity contribution in [2.45, 2.75) is 50.7 Å². The SMILES string of the molecule is B(OC1CCC1)OC1CCC1. The molecule has 0 aromatic heterocycles. The minimum atomic E-state index is 0.523. The van der Waals surface area contributed by atoms with Gasteiger partial charge >= 0.3 is 7.69 Å². The van der Waals surface area contributed by atoms with E-state index < -0.39 is 0 Å². The van der Waals surface area contributed by atoms with Gasteiger partial charge in [-0.25, -0.2) is 0 Å². The zero-order valence-corrected chi connectivity index (χ0v) is 6.92. The van der Waals surface area contributed by atoms with Crippen LogP contribution in [0.25, 0.3) is 0 Å². The van der Waals surface area contributed by atoms with E-state index in [0.717, 1.165) is 0 Å². The van der Waals surface area contributed by atoms with Crippen LogP contribution in [0.2, 0.25) is 0 Å². The van der Waals surface area contributed by atoms with Crippen molar-refractivity contribution in [3.8, 4) is 0 Å². The fourth-order valence-corrected chi connectivity index (χ4v) is 1.31. The Kier molecular flexibility index (Phi) is 2.49. The van der Waals surface area contributed by atoms with Gasteiger partial charge in [0.15, 0.2) is 0 Å². The Bertz CT molecular complexity index is 107. The molecule has 2 fully saturated rings. The van der Waals surface area contributed by atoms with Crippen LogP contribution in [-0.4, -0.2) is 19.9 Å². The number of hydrogen-bond acceptors (Lipinski definition) is 2. The fraction of sp³-hybridized carbons (Fsp3) is 1.00. The predicted molar refractivity (Wildman–Crippen MR) is 44.6 cm³/mol. The van der Waals surface area contributed by atoms with Crippen molar-refractivity contribution >= 4 is 7.69 Å². The van der Waals surface area contributed by atoms with Crippen LogP contribution in [0.5, 0.6) is 0 Å². The van der Waals surface area contributed by atoms with Crippen LogP contribution in [0.15, 0.2) is 0 Å². The Morgan fingerprint density at radius 2 is 1.27 bits per heavy atom. The molecule has 0 aliphatic heterocycles. The Labute approximate surface area is 68.6 Å². The zero-order chi connectivity index (χ0) is 7.52. The maximum atomic E-state index is 5.46. The van der Waals surface area contributed by atoms with E-state index in [2.05, 4.69) is 0 Å². The predicted octanol–water partition coefficient (Wildman–Crippen LogP) is 1.39. The lowest BCUT2D eigenvalue weighted by Crippen LogP contribution is -2.29. The van der Waals surface area contributed by atoms with Crippen molar-refractivity contribution in [1.82, 2.24) is 0 Å². The highest BCUT2D eigenvalue weighted by atomic mass is 16.6. The summed E-state index contributed by atoms with van der Waals surface area (Å²) in [5.74, 6) is 0. The molecule has 0 spiro atoms. The lowest BCUT2D eigenvalue weighted by atomic mass is 9.94. The summed E-state index contributed by atoms with van der Waals surface area (Å²) in [6.07, 6.45) is 8.71. The molecule has 62 valence electrons. The van der Waals surface area contributed by atoms with Crippen molar-refractivity contribution < 1.29 is 9.31 Å². The summed E-state index contributed by atoms with van der Waals surface area (Å²) in [5, 5.41) is 0. The third-order valence-electron chi connectivity index (χ3n) is 2.71. The topological polar surface area (TPSA) is 18.5 Å². The van der Waals surface area contributed by atoms with Gasteiger partial charge in [0.05, 0.1) is 0 Å². The van der Waals surface area contributed by atoms with E-state index in [9.17, 15) is 0 Å². The van der Waals surface area contributed by atoms with Crippen LogP contribution in [0.3, 0.4) is 0 Å². The van der Waals surface area contributed by atoms with Crippen molar-refractivity contribution in [1.29, 1.82) is 0 Å². The van der Waals surface area contributed by atoms with Crippen LogP contribution in [-0.2, 0) is 9.31 Å². The molecule has 0 saturated heterocycles. The summed E-state index contributed by atoms with van der Waals surface area (Å²) in [4.78, 5) is 0. The average molecular weight is 154 g/mol. The first-order valence-electron chi connectivity index (χ1n) is 4.68. The van der Waals surface area contributed by atoms with Gasteiger partial charge in [-0.05, 0) is 38.5 Å². The van der Waals surface area contributed by atoms with Gasteiger partial charge in [-0.15, -0.1) is 0 Å². The molecule has 0 aromatic carbocycles. The van der Waals surface area contributed by atoms with E-state index in [-0.39, 0.29) is 0 Å². The highest BCUT2D eigenvalue weighted by Gasteiger charge is 2.21. The maximum Gasteiger partial charge on any atom is 0.438 e. The van der Waals surface area contributed by atoms with E-state index in [1.165, 1.54) is 38.5 Å². The molecule has 11 heavy (non-hydrogen) atoms. The molecule has 0 aromatic rings. The number of rotatable bonds is 4. The van der Waals surface area contributed by atoms with Gasteiger partial charge in [-0.2, -0.15) is 0 Å².